The van der Waals surface area contributed by atoms with Gasteiger partial charge in [-0.15, -0.1) is 0 Å². The van der Waals surface area contributed by atoms with Gasteiger partial charge in [-0.1, -0.05) is 278 Å². The Labute approximate surface area is 640 Å². The Morgan fingerprint density at radius 3 is 1.10 bits per heavy atom. The molecule has 0 radical (unpaired) electrons. The van der Waals surface area contributed by atoms with Crippen LogP contribution in [0.3, 0.4) is 0 Å². The molecule has 0 heterocycles. The summed E-state index contributed by atoms with van der Waals surface area (Å²) in [5, 5.41) is 1.84. The minimum atomic E-state index is -4.21. The van der Waals surface area contributed by atoms with Crippen molar-refractivity contribution in [3.8, 4) is 17.2 Å². The number of phosphoric ester groups is 2. The van der Waals surface area contributed by atoms with Crippen molar-refractivity contribution in [2.24, 2.45) is 0 Å². The first-order chi connectivity index (χ1) is 51.4. The molecule has 2 atom stereocenters. The van der Waals surface area contributed by atoms with Crippen LogP contribution in [0.2, 0.25) is 0 Å². The standard InChI is InChI=1S/C21H17O5P.C15H12O4P.C15H15O2P.C12H17O4P.C10H13O3P.C9H8O2.2CH4/c1-17(21(22)18-11-5-2-6-12-18)24-27(23,25-19-13-7-3-8-14-19)26-20-15-9-4-10-16-20;1-12(15(16)18-13-8-4-2-5-9-13)19-20(17)14-10-6-3-7-11-14;1-13(2)17-18(16,14-9-5-3-6-10-14)15-11-7-4-8-12-15;1-4-14-17(13,15-5-2)16-11(3)12-9-7-6-8-10-12;1-9(13-14(3,11)12-2)10-7-5-4-6-8-10;1-8(11-7-10)9-5-3-2-4-6-9;;/h2-16H,1H2;2-11H,1H2;3-12H,1H2,2H3;6-10H,3-5H2,1-2H3;4-8H,1H2,2-3H3;2-7H,1H2;2*1H4/q;+1;;;;;;. The van der Waals surface area contributed by atoms with Gasteiger partial charge in [0.15, 0.2) is 5.76 Å². The summed E-state index contributed by atoms with van der Waals surface area (Å²) in [4.78, 5) is 34.1. The number of hydrogen-bond donors (Lipinski definition) is 0. The van der Waals surface area contributed by atoms with Crippen LogP contribution in [0.5, 0.6) is 17.2 Å². The van der Waals surface area contributed by atoms with Gasteiger partial charge in [0.1, 0.15) is 34.5 Å². The van der Waals surface area contributed by atoms with Crippen LogP contribution in [-0.2, 0) is 73.3 Å². The van der Waals surface area contributed by atoms with E-state index in [1.165, 1.54) is 13.8 Å². The van der Waals surface area contributed by atoms with E-state index in [4.69, 9.17) is 50.0 Å². The Kier molecular flexibility index (Phi) is 41.2. The van der Waals surface area contributed by atoms with E-state index >= 15 is 0 Å². The number of hydrogen-bond acceptors (Lipinski definition) is 20. The largest absolute Gasteiger partial charge is 0.647 e. The first-order valence-corrected chi connectivity index (χ1v) is 40.1. The number of rotatable bonds is 31. The molecule has 10 aromatic carbocycles. The summed E-state index contributed by atoms with van der Waals surface area (Å²) in [5.74, 6) is 0.473. The molecule has 0 amide bonds. The summed E-state index contributed by atoms with van der Waals surface area (Å²) in [6.07, 6.45) is 0. The number of esters is 1. The fraction of sp³-hybridized carbons (Fsp3) is 0.107. The van der Waals surface area contributed by atoms with Crippen LogP contribution in [0.25, 0.3) is 17.3 Å². The van der Waals surface area contributed by atoms with Crippen LogP contribution >= 0.6 is 38.6 Å². The minimum absolute atomic E-state index is 0. The molecular weight excluding hydrogens is 1480 g/mol. The molecule has 0 bridgehead atoms. The van der Waals surface area contributed by atoms with Crippen molar-refractivity contribution < 1.29 is 91.9 Å². The van der Waals surface area contributed by atoms with Crippen LogP contribution in [0.15, 0.2) is 360 Å². The highest BCUT2D eigenvalue weighted by molar-refractivity contribution is 7.74. The number of benzene rings is 10. The molecule has 0 N–H and O–H groups in total. The van der Waals surface area contributed by atoms with Gasteiger partial charge in [0.2, 0.25) is 11.1 Å². The molecule has 0 saturated carbocycles. The summed E-state index contributed by atoms with van der Waals surface area (Å²) in [7, 11) is -14.7. The molecule has 10 rings (SSSR count). The second-order valence-corrected chi connectivity index (χ2v) is 29.9. The first-order valence-electron chi connectivity index (χ1n) is 32.4. The molecule has 25 heteroatoms. The third-order valence-corrected chi connectivity index (χ3v) is 20.9. The molecule has 0 aliphatic heterocycles. The van der Waals surface area contributed by atoms with Crippen LogP contribution in [0, 0.1) is 0 Å². The van der Waals surface area contributed by atoms with Gasteiger partial charge in [-0.05, 0) is 105 Å². The van der Waals surface area contributed by atoms with Crippen LogP contribution in [0.4, 0.5) is 0 Å². The molecule has 10 aromatic rings. The summed E-state index contributed by atoms with van der Waals surface area (Å²) in [5.41, 5.74) is 2.71. The number of ketones is 1. The maximum absolute atomic E-state index is 13.2. The topological polar surface area (TPSA) is 247 Å². The number of carbonyl (C=O) groups excluding carboxylic acids is 3. The number of Topliss-reactive ketones (excluding diaryl/α,β-unsaturated/α-hetero) is 1. The van der Waals surface area contributed by atoms with E-state index in [9.17, 15) is 37.2 Å². The van der Waals surface area contributed by atoms with Gasteiger partial charge >= 0.3 is 44.6 Å². The van der Waals surface area contributed by atoms with Crippen molar-refractivity contribution in [1.29, 1.82) is 0 Å². The van der Waals surface area contributed by atoms with Gasteiger partial charge in [-0.2, -0.15) is 4.57 Å². The van der Waals surface area contributed by atoms with E-state index in [0.717, 1.165) is 16.7 Å². The number of para-hydroxylation sites is 3. The molecule has 0 spiro atoms. The molecule has 0 aromatic heterocycles. The van der Waals surface area contributed by atoms with Crippen LogP contribution in [-0.4, -0.2) is 45.2 Å². The zero-order chi connectivity index (χ0) is 77.9. The van der Waals surface area contributed by atoms with Crippen LogP contribution in [0.1, 0.15) is 62.7 Å². The van der Waals surface area contributed by atoms with Crippen molar-refractivity contribution in [3.63, 3.8) is 0 Å². The zero-order valence-electron chi connectivity index (χ0n) is 59.5. The lowest BCUT2D eigenvalue weighted by Crippen LogP contribution is -2.17. The van der Waals surface area contributed by atoms with Crippen molar-refractivity contribution in [3.05, 3.63) is 382 Å². The van der Waals surface area contributed by atoms with Gasteiger partial charge in [-0.25, -0.2) is 18.4 Å². The summed E-state index contributed by atoms with van der Waals surface area (Å²) >= 11 is 0. The lowest BCUT2D eigenvalue weighted by Gasteiger charge is -2.20. The maximum atomic E-state index is 13.2. The van der Waals surface area contributed by atoms with Crippen molar-refractivity contribution >= 4 is 90.1 Å². The second-order valence-electron chi connectivity index (χ2n) is 21.3. The predicted molar refractivity (Wildman–Crippen MR) is 435 cm³/mol. The molecular formula is C84H90O20P5+. The highest BCUT2D eigenvalue weighted by Crippen LogP contribution is 2.53. The fourth-order valence-corrected chi connectivity index (χ4v) is 14.1. The number of ether oxygens (including phenoxy) is 2. The van der Waals surface area contributed by atoms with Gasteiger partial charge < -0.3 is 41.1 Å². The molecule has 570 valence electrons. The summed E-state index contributed by atoms with van der Waals surface area (Å²) < 4.78 is 123. The van der Waals surface area contributed by atoms with Crippen LogP contribution < -0.4 is 29.7 Å². The molecule has 0 saturated heterocycles. The normalized spacial score (nSPS) is 10.9. The molecule has 20 nitrogen and oxygen atoms in total. The number of allylic oxidation sites excluding steroid dienone is 2. The van der Waals surface area contributed by atoms with Crippen molar-refractivity contribution in [2.75, 3.05) is 27.0 Å². The Morgan fingerprint density at radius 2 is 0.743 bits per heavy atom. The zero-order valence-corrected chi connectivity index (χ0v) is 64.0. The smallest absolute Gasteiger partial charge is 0.442 e. The number of carbonyl (C=O) groups is 3. The highest BCUT2D eigenvalue weighted by Gasteiger charge is 2.36. The lowest BCUT2D eigenvalue weighted by atomic mass is 10.1. The van der Waals surface area contributed by atoms with Crippen molar-refractivity contribution in [1.82, 2.24) is 0 Å². The minimum Gasteiger partial charge on any atom is -0.442 e. The second kappa shape index (κ2) is 48.9. The Hall–Kier alpha value is -11.3. The Bertz CT molecular complexity index is 4560. The van der Waals surface area contributed by atoms with Gasteiger partial charge in [0.05, 0.1) is 29.6 Å². The average Bonchev–Trinajstić information content (AvgIpc) is 0.800. The van der Waals surface area contributed by atoms with Crippen molar-refractivity contribution in [2.45, 2.75) is 35.6 Å². The third kappa shape index (κ3) is 33.6. The fourth-order valence-electron chi connectivity index (χ4n) is 8.20. The quantitative estimate of drug-likeness (QED) is 0.00745. The number of phosphoric acid groups is 2. The third-order valence-electron chi connectivity index (χ3n) is 13.1. The van der Waals surface area contributed by atoms with Gasteiger partial charge in [-0.3, -0.25) is 23.2 Å². The van der Waals surface area contributed by atoms with E-state index in [2.05, 4.69) is 44.2 Å². The highest BCUT2D eigenvalue weighted by atomic mass is 31.2. The van der Waals surface area contributed by atoms with E-state index in [1.54, 1.807) is 172 Å². The Balaban J connectivity index is 0.000000345. The Morgan fingerprint density at radius 1 is 0.413 bits per heavy atom. The molecule has 0 aliphatic carbocycles. The monoisotopic (exact) mass is 1570 g/mol. The van der Waals surface area contributed by atoms with E-state index in [0.29, 0.717) is 51.0 Å². The SMILES string of the molecule is C.C.C=C(C)OP(=O)(c1ccccc1)c1ccccc1.C=C(OC=O)c1ccccc1.C=C(OP(=O)(OCC)OCC)c1ccccc1.C=C(OP(=O)(Oc1ccccc1)Oc1ccccc1)C(=O)c1ccccc1.C=C(OP(C)(=O)OC)c1ccccc1.C=C(O[P+](=O)c1ccccc1)C(=O)Oc1ccccc1. The van der Waals surface area contributed by atoms with Gasteiger partial charge in [0, 0.05) is 36.0 Å². The van der Waals surface area contributed by atoms with Gasteiger partial charge in [0.25, 0.3) is 12.2 Å². The van der Waals surface area contributed by atoms with E-state index in [-0.39, 0.29) is 56.8 Å². The summed E-state index contributed by atoms with van der Waals surface area (Å²) in [6.45, 7) is 29.1. The first kappa shape index (κ1) is 92.0. The average molecular weight is 1570 g/mol. The van der Waals surface area contributed by atoms with E-state index in [1.807, 2.05) is 152 Å². The predicted octanol–water partition coefficient (Wildman–Crippen LogP) is 22.4. The maximum Gasteiger partial charge on any atom is 0.647 e. The summed E-state index contributed by atoms with van der Waals surface area (Å²) in [6, 6.07) is 88.5. The molecule has 109 heavy (non-hydrogen) atoms. The van der Waals surface area contributed by atoms with E-state index < -0.39 is 50.4 Å². The lowest BCUT2D eigenvalue weighted by molar-refractivity contribution is -0.132. The molecule has 2 unspecified atom stereocenters. The molecule has 0 aliphatic rings. The molecule has 0 fully saturated rings.